The van der Waals surface area contributed by atoms with Gasteiger partial charge in [0.25, 0.3) is 0 Å². The van der Waals surface area contributed by atoms with E-state index in [2.05, 4.69) is 44.4 Å². The molecule has 0 spiro atoms. The highest BCUT2D eigenvalue weighted by Gasteiger charge is 2.29. The van der Waals surface area contributed by atoms with Crippen molar-refractivity contribution in [3.63, 3.8) is 0 Å². The number of fused-ring (bicyclic) bond motifs is 1. The molecule has 19 heavy (non-hydrogen) atoms. The fourth-order valence-electron chi connectivity index (χ4n) is 3.00. The molecule has 1 aliphatic carbocycles. The Morgan fingerprint density at radius 3 is 2.58 bits per heavy atom. The molecule has 1 aliphatic rings. The topological polar surface area (TPSA) is 12.9 Å². The molecule has 0 aliphatic heterocycles. The van der Waals surface area contributed by atoms with Crippen molar-refractivity contribution in [1.29, 1.82) is 0 Å². The average molecular weight is 273 g/mol. The van der Waals surface area contributed by atoms with E-state index >= 15 is 0 Å². The third kappa shape index (κ3) is 2.59. The predicted octanol–water partition coefficient (Wildman–Crippen LogP) is 5.76. The van der Waals surface area contributed by atoms with Crippen molar-refractivity contribution in [2.75, 3.05) is 0 Å². The molecule has 0 saturated heterocycles. The smallest absolute Gasteiger partial charge is 0.0476 e. The maximum Gasteiger partial charge on any atom is 0.0476 e. The van der Waals surface area contributed by atoms with Gasteiger partial charge in [0.2, 0.25) is 0 Å². The zero-order valence-electron chi connectivity index (χ0n) is 12.5. The first-order chi connectivity index (χ1) is 9.16. The molecule has 0 radical (unpaired) electrons. The van der Waals surface area contributed by atoms with Crippen LogP contribution in [0.5, 0.6) is 0 Å². The summed E-state index contributed by atoms with van der Waals surface area (Å²) in [5.41, 5.74) is 5.39. The van der Waals surface area contributed by atoms with Gasteiger partial charge in [-0.25, -0.2) is 0 Å². The number of aryl methyl sites for hydroxylation is 1. The van der Waals surface area contributed by atoms with Crippen LogP contribution in [0.3, 0.4) is 0 Å². The lowest BCUT2D eigenvalue weighted by molar-refractivity contribution is 0.655. The van der Waals surface area contributed by atoms with Gasteiger partial charge in [-0.15, -0.1) is 11.3 Å². The summed E-state index contributed by atoms with van der Waals surface area (Å²) < 4.78 is 0. The third-order valence-electron chi connectivity index (χ3n) is 3.67. The number of thiophene rings is 1. The van der Waals surface area contributed by atoms with Gasteiger partial charge in [-0.1, -0.05) is 33.8 Å². The van der Waals surface area contributed by atoms with Crippen LogP contribution in [0.15, 0.2) is 23.6 Å². The summed E-state index contributed by atoms with van der Waals surface area (Å²) in [7, 11) is 0. The van der Waals surface area contributed by atoms with Crippen LogP contribution in [0.4, 0.5) is 0 Å². The van der Waals surface area contributed by atoms with Crippen LogP contribution < -0.4 is 0 Å². The fourth-order valence-corrected chi connectivity index (χ4v) is 3.75. The monoisotopic (exact) mass is 273 g/mol. The molecule has 0 aromatic carbocycles. The molecule has 0 N–H and O–H groups in total. The van der Waals surface area contributed by atoms with Gasteiger partial charge in [-0.05, 0) is 53.8 Å². The van der Waals surface area contributed by atoms with E-state index < -0.39 is 0 Å². The van der Waals surface area contributed by atoms with Gasteiger partial charge in [0, 0.05) is 16.3 Å². The first-order valence-corrected chi connectivity index (χ1v) is 8.10. The van der Waals surface area contributed by atoms with Crippen LogP contribution in [0.25, 0.3) is 10.4 Å². The second kappa shape index (κ2) is 5.87. The Balaban J connectivity index is 0.000000637. The van der Waals surface area contributed by atoms with Crippen molar-refractivity contribution in [2.24, 2.45) is 0 Å². The van der Waals surface area contributed by atoms with E-state index in [9.17, 15) is 0 Å². The Morgan fingerprint density at radius 1 is 1.21 bits per heavy atom. The van der Waals surface area contributed by atoms with E-state index in [1.54, 1.807) is 0 Å². The normalized spacial score (nSPS) is 20.7. The van der Waals surface area contributed by atoms with E-state index in [1.165, 1.54) is 28.1 Å². The number of hydrogen-bond acceptors (Lipinski definition) is 2. The highest BCUT2D eigenvalue weighted by atomic mass is 32.1. The second-order valence-electron chi connectivity index (χ2n) is 5.13. The summed E-state index contributed by atoms with van der Waals surface area (Å²) >= 11 is 1.83. The van der Waals surface area contributed by atoms with Crippen molar-refractivity contribution >= 4 is 11.3 Å². The van der Waals surface area contributed by atoms with Crippen LogP contribution in [-0.4, -0.2) is 4.98 Å². The fraction of sp³-hybridized carbons (Fsp3) is 0.471. The standard InChI is InChI=1S/C15H17NS.C2H6/c1-9-7-10(2)15-14(9)12(8-11(3)16-15)13-5-4-6-17-13;1-2/h4-6,8-10H,7H2,1-3H3;1-2H3. The molecular formula is C17H23NS. The van der Waals surface area contributed by atoms with Gasteiger partial charge >= 0.3 is 0 Å². The molecule has 2 aromatic rings. The van der Waals surface area contributed by atoms with Crippen molar-refractivity contribution in [3.05, 3.63) is 40.5 Å². The summed E-state index contributed by atoms with van der Waals surface area (Å²) in [6, 6.07) is 6.60. The molecule has 0 fully saturated rings. The lowest BCUT2D eigenvalue weighted by atomic mass is 9.98. The summed E-state index contributed by atoms with van der Waals surface area (Å²) in [5.74, 6) is 1.25. The summed E-state index contributed by atoms with van der Waals surface area (Å²) in [5, 5.41) is 2.15. The van der Waals surface area contributed by atoms with Gasteiger partial charge in [-0.3, -0.25) is 4.98 Å². The minimum atomic E-state index is 0.610. The quantitative estimate of drug-likeness (QED) is 0.644. The van der Waals surface area contributed by atoms with Crippen LogP contribution in [0.2, 0.25) is 0 Å². The Bertz CT molecular complexity index is 543. The van der Waals surface area contributed by atoms with Gasteiger partial charge in [0.05, 0.1) is 0 Å². The van der Waals surface area contributed by atoms with Crippen molar-refractivity contribution < 1.29 is 0 Å². The van der Waals surface area contributed by atoms with Gasteiger partial charge in [0.15, 0.2) is 0 Å². The molecule has 102 valence electrons. The Hall–Kier alpha value is -1.15. The maximum atomic E-state index is 4.76. The summed E-state index contributed by atoms with van der Waals surface area (Å²) in [6.45, 7) is 10.7. The molecule has 0 saturated carbocycles. The van der Waals surface area contributed by atoms with Crippen LogP contribution in [-0.2, 0) is 0 Å². The molecule has 1 nitrogen and oxygen atoms in total. The zero-order valence-corrected chi connectivity index (χ0v) is 13.3. The SMILES string of the molecule is CC.Cc1cc(-c2cccs2)c2c(n1)C(C)CC2C. The lowest BCUT2D eigenvalue weighted by Gasteiger charge is -2.12. The molecule has 2 atom stereocenters. The van der Waals surface area contributed by atoms with E-state index in [4.69, 9.17) is 4.98 Å². The Labute approximate surface area is 120 Å². The zero-order chi connectivity index (χ0) is 14.0. The number of pyridine rings is 1. The van der Waals surface area contributed by atoms with Crippen LogP contribution >= 0.6 is 11.3 Å². The molecule has 2 heteroatoms. The van der Waals surface area contributed by atoms with Gasteiger partial charge in [-0.2, -0.15) is 0 Å². The molecule has 0 bridgehead atoms. The van der Waals surface area contributed by atoms with Crippen molar-refractivity contribution in [1.82, 2.24) is 4.98 Å². The second-order valence-corrected chi connectivity index (χ2v) is 6.07. The van der Waals surface area contributed by atoms with Gasteiger partial charge in [0.1, 0.15) is 0 Å². The number of hydrogen-bond donors (Lipinski definition) is 0. The maximum absolute atomic E-state index is 4.76. The number of nitrogens with zero attached hydrogens (tertiary/aromatic N) is 1. The summed E-state index contributed by atoms with van der Waals surface area (Å²) in [4.78, 5) is 6.14. The lowest BCUT2D eigenvalue weighted by Crippen LogP contribution is -1.97. The molecule has 2 unspecified atom stereocenters. The van der Waals surface area contributed by atoms with E-state index in [0.29, 0.717) is 11.8 Å². The van der Waals surface area contributed by atoms with E-state index in [1.807, 2.05) is 25.2 Å². The molecule has 2 heterocycles. The molecule has 0 amide bonds. The van der Waals surface area contributed by atoms with E-state index in [0.717, 1.165) is 5.69 Å². The third-order valence-corrected chi connectivity index (χ3v) is 4.57. The highest BCUT2D eigenvalue weighted by Crippen LogP contribution is 2.45. The average Bonchev–Trinajstić information content (AvgIpc) is 3.01. The largest absolute Gasteiger partial charge is 0.258 e. The minimum absolute atomic E-state index is 0.610. The molecule has 2 aromatic heterocycles. The van der Waals surface area contributed by atoms with Crippen molar-refractivity contribution in [3.8, 4) is 10.4 Å². The number of aromatic nitrogens is 1. The Kier molecular flexibility index (Phi) is 4.41. The minimum Gasteiger partial charge on any atom is -0.258 e. The molecule has 3 rings (SSSR count). The van der Waals surface area contributed by atoms with Crippen molar-refractivity contribution in [2.45, 2.75) is 52.9 Å². The highest BCUT2D eigenvalue weighted by molar-refractivity contribution is 7.13. The van der Waals surface area contributed by atoms with E-state index in [-0.39, 0.29) is 0 Å². The first-order valence-electron chi connectivity index (χ1n) is 7.22. The predicted molar refractivity (Wildman–Crippen MR) is 85.1 cm³/mol. The first kappa shape index (κ1) is 14.3. The summed E-state index contributed by atoms with van der Waals surface area (Å²) in [6.07, 6.45) is 1.24. The van der Waals surface area contributed by atoms with Crippen LogP contribution in [0, 0.1) is 6.92 Å². The molecular weight excluding hydrogens is 250 g/mol. The van der Waals surface area contributed by atoms with Gasteiger partial charge < -0.3 is 0 Å². The Morgan fingerprint density at radius 2 is 1.95 bits per heavy atom. The van der Waals surface area contributed by atoms with Crippen LogP contribution in [0.1, 0.15) is 62.9 Å². The number of rotatable bonds is 1.